The molecule has 1 aromatic heterocycles. The third kappa shape index (κ3) is 5.40. The lowest BCUT2D eigenvalue weighted by Gasteiger charge is -2.25. The number of pyridine rings is 1. The van der Waals surface area contributed by atoms with Crippen molar-refractivity contribution in [2.45, 2.75) is 26.3 Å². The number of aliphatic hydroxyl groups excluding tert-OH is 1. The van der Waals surface area contributed by atoms with E-state index in [-0.39, 0.29) is 23.7 Å². The van der Waals surface area contributed by atoms with Crippen molar-refractivity contribution in [3.63, 3.8) is 0 Å². The van der Waals surface area contributed by atoms with Gasteiger partial charge in [0.05, 0.1) is 18.2 Å². The molecule has 3 aromatic rings. The summed E-state index contributed by atoms with van der Waals surface area (Å²) >= 11 is 0. The highest BCUT2D eigenvalue weighted by molar-refractivity contribution is 6.46. The highest BCUT2D eigenvalue weighted by Gasteiger charge is 2.46. The van der Waals surface area contributed by atoms with Crippen LogP contribution < -0.4 is 4.74 Å². The van der Waals surface area contributed by atoms with E-state index in [2.05, 4.69) is 4.98 Å². The van der Waals surface area contributed by atoms with E-state index in [0.717, 1.165) is 5.56 Å². The number of amides is 1. The molecule has 2 heterocycles. The van der Waals surface area contributed by atoms with Crippen LogP contribution in [0, 0.1) is 11.7 Å². The average Bonchev–Trinajstić information content (AvgIpc) is 3.12. The Morgan fingerprint density at radius 3 is 2.57 bits per heavy atom. The maximum absolute atomic E-state index is 13.3. The molecule has 1 atom stereocenters. The number of aromatic nitrogens is 1. The second kappa shape index (κ2) is 10.5. The molecule has 180 valence electrons. The van der Waals surface area contributed by atoms with Crippen LogP contribution in [0.3, 0.4) is 0 Å². The van der Waals surface area contributed by atoms with Crippen LogP contribution in [-0.2, 0) is 16.0 Å². The van der Waals surface area contributed by atoms with Crippen LogP contribution in [0.4, 0.5) is 4.39 Å². The van der Waals surface area contributed by atoms with Gasteiger partial charge in [0.25, 0.3) is 11.7 Å². The van der Waals surface area contributed by atoms with Crippen molar-refractivity contribution < 1.29 is 23.8 Å². The Kier molecular flexibility index (Phi) is 7.25. The van der Waals surface area contributed by atoms with Gasteiger partial charge in [0, 0.05) is 24.5 Å². The van der Waals surface area contributed by atoms with Gasteiger partial charge in [-0.05, 0) is 53.8 Å². The first kappa shape index (κ1) is 24.1. The summed E-state index contributed by atoms with van der Waals surface area (Å²) in [6, 6.07) is 15.5. The Morgan fingerprint density at radius 2 is 1.89 bits per heavy atom. The monoisotopic (exact) mass is 474 g/mol. The number of likely N-dealkylation sites (tertiary alicyclic amines) is 1. The topological polar surface area (TPSA) is 79.7 Å². The second-order valence-electron chi connectivity index (χ2n) is 8.89. The first-order valence-corrected chi connectivity index (χ1v) is 11.5. The normalized spacial score (nSPS) is 17.3. The molecule has 1 aliphatic rings. The lowest BCUT2D eigenvalue weighted by Crippen LogP contribution is -2.31. The number of ketones is 1. The first-order chi connectivity index (χ1) is 16.8. The molecule has 1 amide bonds. The third-order valence-electron chi connectivity index (χ3n) is 5.79. The number of nitrogens with zero attached hydrogens (tertiary/aromatic N) is 2. The molecule has 0 aliphatic carbocycles. The molecule has 1 unspecified atom stereocenters. The minimum Gasteiger partial charge on any atom is -0.507 e. The molecule has 1 saturated heterocycles. The van der Waals surface area contributed by atoms with Crippen LogP contribution in [-0.4, -0.2) is 39.8 Å². The molecule has 0 spiro atoms. The van der Waals surface area contributed by atoms with Crippen LogP contribution in [0.25, 0.3) is 5.76 Å². The molecule has 6 nitrogen and oxygen atoms in total. The number of aliphatic hydroxyl groups is 1. The molecule has 35 heavy (non-hydrogen) atoms. The Morgan fingerprint density at radius 1 is 1.11 bits per heavy atom. The Labute approximate surface area is 203 Å². The summed E-state index contributed by atoms with van der Waals surface area (Å²) in [7, 11) is 0. The molecule has 1 aliphatic heterocycles. The van der Waals surface area contributed by atoms with Crippen LogP contribution in [0.15, 0.2) is 78.6 Å². The average molecular weight is 475 g/mol. The zero-order valence-corrected chi connectivity index (χ0v) is 19.6. The number of hydrogen-bond acceptors (Lipinski definition) is 5. The number of halogens is 1. The Balaban J connectivity index is 1.71. The van der Waals surface area contributed by atoms with Crippen LogP contribution in [0.2, 0.25) is 0 Å². The number of Topliss-reactive ketones (excluding diaryl/α,β-unsaturated/α-hetero) is 1. The third-order valence-corrected chi connectivity index (χ3v) is 5.79. The van der Waals surface area contributed by atoms with Crippen molar-refractivity contribution in [3.8, 4) is 5.75 Å². The zero-order valence-electron chi connectivity index (χ0n) is 19.6. The van der Waals surface area contributed by atoms with E-state index >= 15 is 0 Å². The number of carbonyl (C=O) groups excluding carboxylic acids is 2. The van der Waals surface area contributed by atoms with E-state index in [9.17, 15) is 19.1 Å². The molecule has 0 saturated carbocycles. The zero-order chi connectivity index (χ0) is 24.9. The summed E-state index contributed by atoms with van der Waals surface area (Å²) in [4.78, 5) is 31.8. The fourth-order valence-corrected chi connectivity index (χ4v) is 4.05. The quantitative estimate of drug-likeness (QED) is 0.285. The van der Waals surface area contributed by atoms with Gasteiger partial charge < -0.3 is 14.7 Å². The number of hydrogen-bond donors (Lipinski definition) is 1. The molecule has 1 N–H and O–H groups in total. The molecule has 1 fully saturated rings. The molecular weight excluding hydrogens is 447 g/mol. The van der Waals surface area contributed by atoms with Crippen LogP contribution >= 0.6 is 0 Å². The van der Waals surface area contributed by atoms with E-state index < -0.39 is 17.7 Å². The van der Waals surface area contributed by atoms with Crippen LogP contribution in [0.5, 0.6) is 5.75 Å². The maximum atomic E-state index is 13.3. The Bertz CT molecular complexity index is 1240. The second-order valence-corrected chi connectivity index (χ2v) is 8.89. The van der Waals surface area contributed by atoms with Gasteiger partial charge >= 0.3 is 0 Å². The first-order valence-electron chi connectivity index (χ1n) is 11.5. The molecule has 2 aromatic carbocycles. The number of benzene rings is 2. The fraction of sp³-hybridized carbons (Fsp3) is 0.250. The molecular formula is C28H27FN2O4. The predicted octanol–water partition coefficient (Wildman–Crippen LogP) is 4.92. The summed E-state index contributed by atoms with van der Waals surface area (Å²) < 4.78 is 19.0. The molecule has 4 rings (SSSR count). The van der Waals surface area contributed by atoms with Gasteiger partial charge in [0.15, 0.2) is 0 Å². The summed E-state index contributed by atoms with van der Waals surface area (Å²) in [6.07, 6.45) is 3.60. The van der Waals surface area contributed by atoms with Gasteiger partial charge in [0.2, 0.25) is 0 Å². The largest absolute Gasteiger partial charge is 0.507 e. The minimum atomic E-state index is -0.801. The number of carbonyl (C=O) groups is 2. The van der Waals surface area contributed by atoms with E-state index in [1.165, 1.54) is 17.0 Å². The summed E-state index contributed by atoms with van der Waals surface area (Å²) in [6.45, 7) is 4.79. The summed E-state index contributed by atoms with van der Waals surface area (Å²) in [5.41, 5.74) is 1.83. The van der Waals surface area contributed by atoms with Crippen molar-refractivity contribution in [2.75, 3.05) is 13.2 Å². The van der Waals surface area contributed by atoms with E-state index in [1.54, 1.807) is 60.9 Å². The van der Waals surface area contributed by atoms with E-state index in [1.807, 2.05) is 13.8 Å². The Hall–Kier alpha value is -4.00. The van der Waals surface area contributed by atoms with Crippen molar-refractivity contribution >= 4 is 17.4 Å². The van der Waals surface area contributed by atoms with Crippen molar-refractivity contribution in [3.05, 3.63) is 101 Å². The van der Waals surface area contributed by atoms with Crippen molar-refractivity contribution in [2.24, 2.45) is 5.92 Å². The lowest BCUT2D eigenvalue weighted by atomic mass is 9.96. The minimum absolute atomic E-state index is 0.00288. The smallest absolute Gasteiger partial charge is 0.295 e. The molecule has 0 radical (unpaired) electrons. The van der Waals surface area contributed by atoms with Gasteiger partial charge in [-0.3, -0.25) is 14.6 Å². The standard InChI is InChI=1S/C28H27FN2O4/c1-18(2)17-35-23-7-3-5-20(15-23)26(32)24-25(21-6-4-13-30-16-21)31(28(34)27(24)33)14-12-19-8-10-22(29)11-9-19/h3-11,13,15-16,18,25,32H,12,14,17H2,1-2H3/b26-24-. The van der Waals surface area contributed by atoms with Gasteiger partial charge in [-0.25, -0.2) is 4.39 Å². The van der Waals surface area contributed by atoms with Crippen molar-refractivity contribution in [1.82, 2.24) is 9.88 Å². The molecule has 7 heteroatoms. The number of ether oxygens (including phenoxy) is 1. The van der Waals surface area contributed by atoms with Gasteiger partial charge in [-0.1, -0.05) is 44.2 Å². The fourth-order valence-electron chi connectivity index (χ4n) is 4.05. The lowest BCUT2D eigenvalue weighted by molar-refractivity contribution is -0.139. The van der Waals surface area contributed by atoms with Crippen LogP contribution in [0.1, 0.15) is 36.6 Å². The van der Waals surface area contributed by atoms with E-state index in [0.29, 0.717) is 35.8 Å². The summed E-state index contributed by atoms with van der Waals surface area (Å²) in [5, 5.41) is 11.2. The van der Waals surface area contributed by atoms with E-state index in [4.69, 9.17) is 4.74 Å². The van der Waals surface area contributed by atoms with Gasteiger partial charge in [-0.2, -0.15) is 0 Å². The van der Waals surface area contributed by atoms with Crippen molar-refractivity contribution in [1.29, 1.82) is 0 Å². The predicted molar refractivity (Wildman–Crippen MR) is 130 cm³/mol. The SMILES string of the molecule is CC(C)COc1cccc(/C(O)=C2/C(=O)C(=O)N(CCc3ccc(F)cc3)C2c2cccnc2)c1. The highest BCUT2D eigenvalue weighted by atomic mass is 19.1. The highest BCUT2D eigenvalue weighted by Crippen LogP contribution is 2.39. The maximum Gasteiger partial charge on any atom is 0.295 e. The molecule has 0 bridgehead atoms. The number of rotatable bonds is 8. The van der Waals surface area contributed by atoms with Gasteiger partial charge in [-0.15, -0.1) is 0 Å². The van der Waals surface area contributed by atoms with Gasteiger partial charge in [0.1, 0.15) is 17.3 Å². The summed E-state index contributed by atoms with van der Waals surface area (Å²) in [5.74, 6) is -1.19.